The van der Waals surface area contributed by atoms with E-state index in [4.69, 9.17) is 0 Å². The van der Waals surface area contributed by atoms with Gasteiger partial charge in [0.2, 0.25) is 0 Å². The molecule has 1 unspecified atom stereocenters. The minimum atomic E-state index is -0.276. The lowest BCUT2D eigenvalue weighted by Crippen LogP contribution is -2.27. The largest absolute Gasteiger partial charge is 0.392 e. The van der Waals surface area contributed by atoms with Crippen LogP contribution >= 0.6 is 15.9 Å². The van der Waals surface area contributed by atoms with Crippen molar-refractivity contribution in [3.05, 3.63) is 21.6 Å². The SMILES string of the molecule is BC1=C(CC(O)C(C)(C)C)C(Br)=CCC1. The minimum Gasteiger partial charge on any atom is -0.392 e. The van der Waals surface area contributed by atoms with Crippen molar-refractivity contribution in [2.24, 2.45) is 5.41 Å². The molecule has 1 N–H and O–H groups in total. The van der Waals surface area contributed by atoms with E-state index in [-0.39, 0.29) is 11.5 Å². The highest BCUT2D eigenvalue weighted by atomic mass is 79.9. The fraction of sp³-hybridized carbons (Fsp3) is 0.667. The molecule has 84 valence electrons. The summed E-state index contributed by atoms with van der Waals surface area (Å²) in [6.45, 7) is 6.23. The number of hydrogen-bond acceptors (Lipinski definition) is 1. The van der Waals surface area contributed by atoms with E-state index in [1.165, 1.54) is 15.5 Å². The van der Waals surface area contributed by atoms with E-state index in [2.05, 4.69) is 50.6 Å². The second-order valence-corrected chi connectivity index (χ2v) is 6.29. The first-order chi connectivity index (χ1) is 6.82. The zero-order valence-corrected chi connectivity index (χ0v) is 11.7. The molecule has 0 fully saturated rings. The highest BCUT2D eigenvalue weighted by molar-refractivity contribution is 9.12. The van der Waals surface area contributed by atoms with Crippen LogP contribution in [0.25, 0.3) is 0 Å². The Morgan fingerprint density at radius 3 is 2.60 bits per heavy atom. The van der Waals surface area contributed by atoms with Crippen LogP contribution in [0.15, 0.2) is 21.6 Å². The van der Waals surface area contributed by atoms with E-state index in [0.29, 0.717) is 0 Å². The molecule has 3 heteroatoms. The highest BCUT2D eigenvalue weighted by Crippen LogP contribution is 2.34. The van der Waals surface area contributed by atoms with Crippen molar-refractivity contribution in [2.45, 2.75) is 46.1 Å². The number of aliphatic hydroxyl groups is 1. The summed E-state index contributed by atoms with van der Waals surface area (Å²) >= 11 is 3.58. The molecule has 0 saturated carbocycles. The summed E-state index contributed by atoms with van der Waals surface area (Å²) in [4.78, 5) is 0. The first kappa shape index (κ1) is 13.1. The van der Waals surface area contributed by atoms with Gasteiger partial charge >= 0.3 is 0 Å². The molecule has 1 atom stereocenters. The van der Waals surface area contributed by atoms with E-state index in [1.807, 2.05) is 0 Å². The van der Waals surface area contributed by atoms with Crippen molar-refractivity contribution >= 4 is 23.8 Å². The summed E-state index contributed by atoms with van der Waals surface area (Å²) in [5.74, 6) is 0. The molecular weight excluding hydrogens is 251 g/mol. The Balaban J connectivity index is 2.77. The van der Waals surface area contributed by atoms with Gasteiger partial charge in [-0.1, -0.05) is 42.8 Å². The Hall–Kier alpha value is -0.0151. The maximum atomic E-state index is 10.1. The molecule has 0 aromatic carbocycles. The van der Waals surface area contributed by atoms with Gasteiger partial charge in [0.05, 0.1) is 6.10 Å². The smallest absolute Gasteiger partial charge is 0.134 e. The molecule has 0 aliphatic heterocycles. The molecule has 0 heterocycles. The fourth-order valence-corrected chi connectivity index (χ4v) is 2.39. The Bertz CT molecular complexity index is 299. The van der Waals surface area contributed by atoms with Gasteiger partial charge in [-0.2, -0.15) is 0 Å². The van der Waals surface area contributed by atoms with Gasteiger partial charge in [-0.05, 0) is 30.3 Å². The average molecular weight is 271 g/mol. The monoisotopic (exact) mass is 270 g/mol. The summed E-state index contributed by atoms with van der Waals surface area (Å²) in [5.41, 5.74) is 2.66. The molecule has 1 aliphatic rings. The molecule has 0 saturated heterocycles. The molecule has 0 amide bonds. The van der Waals surface area contributed by atoms with Crippen LogP contribution in [0.3, 0.4) is 0 Å². The zero-order chi connectivity index (χ0) is 11.6. The van der Waals surface area contributed by atoms with Crippen LogP contribution in [-0.4, -0.2) is 19.1 Å². The number of aliphatic hydroxyl groups excluding tert-OH is 1. The standard InChI is InChI=1S/C12H20BBrO/c1-12(2,3)11(15)7-8-9(13)5-4-6-10(8)14/h6,11,15H,4-5,7,13H2,1-3H3. The molecule has 15 heavy (non-hydrogen) atoms. The molecular formula is C12H20BBrO. The van der Waals surface area contributed by atoms with Crippen LogP contribution in [-0.2, 0) is 0 Å². The Labute approximate surface area is 102 Å². The molecule has 1 rings (SSSR count). The van der Waals surface area contributed by atoms with Gasteiger partial charge in [-0.15, -0.1) is 5.47 Å². The van der Waals surface area contributed by atoms with E-state index in [9.17, 15) is 5.11 Å². The van der Waals surface area contributed by atoms with E-state index in [1.54, 1.807) is 0 Å². The number of rotatable bonds is 2. The molecule has 1 nitrogen and oxygen atoms in total. The van der Waals surface area contributed by atoms with Crippen molar-refractivity contribution in [3.63, 3.8) is 0 Å². The minimum absolute atomic E-state index is 0.0436. The van der Waals surface area contributed by atoms with Crippen LogP contribution in [0.2, 0.25) is 0 Å². The van der Waals surface area contributed by atoms with Crippen molar-refractivity contribution in [1.82, 2.24) is 0 Å². The van der Waals surface area contributed by atoms with Gasteiger partial charge in [-0.3, -0.25) is 0 Å². The fourth-order valence-electron chi connectivity index (χ4n) is 1.66. The second-order valence-electron chi connectivity index (χ2n) is 5.44. The van der Waals surface area contributed by atoms with Crippen LogP contribution < -0.4 is 0 Å². The molecule has 1 aliphatic carbocycles. The van der Waals surface area contributed by atoms with Gasteiger partial charge in [0.15, 0.2) is 0 Å². The summed E-state index contributed by atoms with van der Waals surface area (Å²) in [7, 11) is 2.17. The predicted molar refractivity (Wildman–Crippen MR) is 71.9 cm³/mol. The van der Waals surface area contributed by atoms with Crippen molar-refractivity contribution in [1.29, 1.82) is 0 Å². The first-order valence-corrected chi connectivity index (χ1v) is 6.34. The van der Waals surface area contributed by atoms with E-state index in [0.717, 1.165) is 19.3 Å². The lowest BCUT2D eigenvalue weighted by atomic mass is 9.78. The van der Waals surface area contributed by atoms with Gasteiger partial charge in [0.25, 0.3) is 0 Å². The van der Waals surface area contributed by atoms with Crippen molar-refractivity contribution < 1.29 is 5.11 Å². The molecule has 0 bridgehead atoms. The van der Waals surface area contributed by atoms with Crippen LogP contribution in [0, 0.1) is 5.41 Å². The Morgan fingerprint density at radius 1 is 1.53 bits per heavy atom. The van der Waals surface area contributed by atoms with Gasteiger partial charge in [0.1, 0.15) is 7.85 Å². The topological polar surface area (TPSA) is 20.2 Å². The van der Waals surface area contributed by atoms with Crippen LogP contribution in [0.5, 0.6) is 0 Å². The Morgan fingerprint density at radius 2 is 2.13 bits per heavy atom. The zero-order valence-electron chi connectivity index (χ0n) is 10.1. The maximum Gasteiger partial charge on any atom is 0.134 e. The van der Waals surface area contributed by atoms with Gasteiger partial charge in [-0.25, -0.2) is 0 Å². The quantitative estimate of drug-likeness (QED) is 0.765. The molecule has 0 aromatic rings. The lowest BCUT2D eigenvalue weighted by Gasteiger charge is -2.28. The molecule has 0 spiro atoms. The van der Waals surface area contributed by atoms with Gasteiger partial charge in [0, 0.05) is 4.48 Å². The van der Waals surface area contributed by atoms with Crippen LogP contribution in [0.1, 0.15) is 40.0 Å². The van der Waals surface area contributed by atoms with Crippen molar-refractivity contribution in [2.75, 3.05) is 0 Å². The third-order valence-corrected chi connectivity index (χ3v) is 3.85. The third kappa shape index (κ3) is 3.49. The van der Waals surface area contributed by atoms with E-state index >= 15 is 0 Å². The highest BCUT2D eigenvalue weighted by Gasteiger charge is 2.25. The van der Waals surface area contributed by atoms with E-state index < -0.39 is 0 Å². The summed E-state index contributed by atoms with van der Waals surface area (Å²) < 4.78 is 1.18. The number of allylic oxidation sites excluding steroid dienone is 3. The maximum absolute atomic E-state index is 10.1. The average Bonchev–Trinajstić information content (AvgIpc) is 2.09. The van der Waals surface area contributed by atoms with Crippen molar-refractivity contribution in [3.8, 4) is 0 Å². The second kappa shape index (κ2) is 4.88. The van der Waals surface area contributed by atoms with Gasteiger partial charge < -0.3 is 5.11 Å². The first-order valence-electron chi connectivity index (χ1n) is 5.55. The summed E-state index contributed by atoms with van der Waals surface area (Å²) in [6, 6.07) is 0. The predicted octanol–water partition coefficient (Wildman–Crippen LogP) is 2.74. The summed E-state index contributed by atoms with van der Waals surface area (Å²) in [6.07, 6.45) is 4.92. The molecule has 0 aromatic heterocycles. The normalized spacial score (nSPS) is 20.2. The number of hydrogen-bond donors (Lipinski definition) is 1. The summed E-state index contributed by atoms with van der Waals surface area (Å²) in [5, 5.41) is 10.1. The molecule has 0 radical (unpaired) electrons. The lowest BCUT2D eigenvalue weighted by molar-refractivity contribution is 0.0640. The van der Waals surface area contributed by atoms with Crippen LogP contribution in [0.4, 0.5) is 0 Å². The third-order valence-electron chi connectivity index (χ3n) is 3.04. The number of halogens is 1. The Kier molecular flexibility index (Phi) is 4.24.